The molecule has 0 bridgehead atoms. The van der Waals surface area contributed by atoms with Gasteiger partial charge in [-0.05, 0) is 56.4 Å². The van der Waals surface area contributed by atoms with E-state index in [-0.39, 0.29) is 98.6 Å². The number of carboxylic acids is 1. The zero-order valence-corrected chi connectivity index (χ0v) is 46.7. The summed E-state index contributed by atoms with van der Waals surface area (Å²) in [7, 11) is 0. The first-order valence-corrected chi connectivity index (χ1v) is 26.1. The molecule has 79 heavy (non-hydrogen) atoms. The van der Waals surface area contributed by atoms with Crippen LogP contribution in [0.1, 0.15) is 102 Å². The summed E-state index contributed by atoms with van der Waals surface area (Å²) in [5.74, 6) is -2.46. The van der Waals surface area contributed by atoms with E-state index in [1.807, 2.05) is 97.1 Å². The first-order chi connectivity index (χ1) is 37.6. The summed E-state index contributed by atoms with van der Waals surface area (Å²) in [5, 5.41) is 28.2. The van der Waals surface area contributed by atoms with Gasteiger partial charge in [0, 0.05) is 32.1 Å². The van der Waals surface area contributed by atoms with Crippen LogP contribution < -0.4 is 21.3 Å². The molecule has 21 nitrogen and oxygen atoms in total. The third-order valence-corrected chi connectivity index (χ3v) is 11.0. The number of ether oxygens (including phenoxy) is 4. The molecule has 0 aliphatic heterocycles. The molecule has 0 saturated carbocycles. The van der Waals surface area contributed by atoms with Gasteiger partial charge >= 0.3 is 30.3 Å². The van der Waals surface area contributed by atoms with E-state index < -0.39 is 60.6 Å². The molecule has 0 spiro atoms. The fourth-order valence-corrected chi connectivity index (χ4v) is 6.80. The zero-order chi connectivity index (χ0) is 59.1. The van der Waals surface area contributed by atoms with Gasteiger partial charge in [-0.3, -0.25) is 28.8 Å². The Labute approximate surface area is 468 Å². The van der Waals surface area contributed by atoms with Gasteiger partial charge in [0.1, 0.15) is 55.6 Å². The molecule has 0 aliphatic carbocycles. The molecule has 0 saturated heterocycles. The SMILES string of the molecule is CC(=O)C[C@H](NC(=O)OCc1ccccc1)C(=O)CBr.CC(=O)C[C@H](NC(=O)OCc1ccccc1)C(=O)O.CCC(=O)[C@H](CC(C)=O)NC(=O)OCc1ccccc1.CCC(O)[C@H](CC(C)=O)NC(=O)OCc1ccccc1. The van der Waals surface area contributed by atoms with Crippen molar-refractivity contribution >= 4 is 81.0 Å². The number of nitrogens with one attached hydrogen (secondary N) is 4. The minimum atomic E-state index is -1.27. The van der Waals surface area contributed by atoms with Gasteiger partial charge in [-0.15, -0.1) is 0 Å². The van der Waals surface area contributed by atoms with Gasteiger partial charge in [0.25, 0.3) is 0 Å². The van der Waals surface area contributed by atoms with Crippen LogP contribution in [0.2, 0.25) is 0 Å². The maximum absolute atomic E-state index is 11.7. The maximum Gasteiger partial charge on any atom is 0.408 e. The minimum absolute atomic E-state index is 0.00684. The Morgan fingerprint density at radius 1 is 0.430 bits per heavy atom. The van der Waals surface area contributed by atoms with Gasteiger partial charge in [-0.1, -0.05) is 151 Å². The monoisotopic (exact) mass is 1160 g/mol. The maximum atomic E-state index is 11.7. The van der Waals surface area contributed by atoms with Crippen molar-refractivity contribution < 1.29 is 81.9 Å². The van der Waals surface area contributed by atoms with Gasteiger partial charge in [0.05, 0.1) is 29.6 Å². The summed E-state index contributed by atoms with van der Waals surface area (Å²) in [6.07, 6.45) is -3.17. The summed E-state index contributed by atoms with van der Waals surface area (Å²) in [6, 6.07) is 33.1. The van der Waals surface area contributed by atoms with Crippen LogP contribution in [0.3, 0.4) is 0 Å². The van der Waals surface area contributed by atoms with Crippen molar-refractivity contribution in [1.82, 2.24) is 21.3 Å². The molecule has 0 radical (unpaired) electrons. The lowest BCUT2D eigenvalue weighted by Gasteiger charge is -2.21. The van der Waals surface area contributed by atoms with E-state index in [1.54, 1.807) is 38.1 Å². The quantitative estimate of drug-likeness (QED) is 0.0245. The molecule has 6 N–H and O–H groups in total. The van der Waals surface area contributed by atoms with Crippen LogP contribution in [-0.4, -0.2) is 111 Å². The van der Waals surface area contributed by atoms with E-state index in [0.29, 0.717) is 6.42 Å². The highest BCUT2D eigenvalue weighted by molar-refractivity contribution is 9.09. The van der Waals surface area contributed by atoms with E-state index in [1.165, 1.54) is 27.7 Å². The van der Waals surface area contributed by atoms with Crippen LogP contribution in [0.5, 0.6) is 0 Å². The predicted molar refractivity (Wildman–Crippen MR) is 293 cm³/mol. The molecule has 1 unspecified atom stereocenters. The number of alkyl halides is 1. The minimum Gasteiger partial charge on any atom is -0.480 e. The lowest BCUT2D eigenvalue weighted by atomic mass is 10.0. The number of alkyl carbamates (subject to hydrolysis) is 4. The van der Waals surface area contributed by atoms with Crippen molar-refractivity contribution in [3.8, 4) is 0 Å². The van der Waals surface area contributed by atoms with Crippen molar-refractivity contribution in [2.45, 2.75) is 137 Å². The molecular formula is C57H71BrN4O17. The second kappa shape index (κ2) is 40.2. The number of hydrogen-bond donors (Lipinski definition) is 6. The smallest absolute Gasteiger partial charge is 0.408 e. The number of hydrogen-bond acceptors (Lipinski definition) is 16. The highest BCUT2D eigenvalue weighted by atomic mass is 79.9. The normalized spacial score (nSPS) is 11.9. The lowest BCUT2D eigenvalue weighted by Crippen LogP contribution is -2.44. The molecule has 0 heterocycles. The van der Waals surface area contributed by atoms with E-state index in [4.69, 9.17) is 24.1 Å². The highest BCUT2D eigenvalue weighted by Crippen LogP contribution is 2.09. The largest absolute Gasteiger partial charge is 0.480 e. The first-order valence-electron chi connectivity index (χ1n) is 25.0. The molecule has 22 heteroatoms. The van der Waals surface area contributed by atoms with Gasteiger partial charge in [0.2, 0.25) is 0 Å². The number of carboxylic acid groups (broad SMARTS) is 1. The second-order valence-electron chi connectivity index (χ2n) is 17.4. The number of aliphatic hydroxyl groups is 1. The summed E-state index contributed by atoms with van der Waals surface area (Å²) in [5.41, 5.74) is 3.36. The Hall–Kier alpha value is -8.11. The first kappa shape index (κ1) is 68.9. The number of ketones is 6. The number of rotatable bonds is 27. The van der Waals surface area contributed by atoms with Crippen molar-refractivity contribution in [3.63, 3.8) is 0 Å². The van der Waals surface area contributed by atoms with Crippen LogP contribution in [0.15, 0.2) is 121 Å². The zero-order valence-electron chi connectivity index (χ0n) is 45.1. The summed E-state index contributed by atoms with van der Waals surface area (Å²) >= 11 is 3.02. The number of carbonyl (C=O) groups is 11. The molecule has 4 aromatic carbocycles. The molecule has 4 aromatic rings. The van der Waals surface area contributed by atoms with Crippen LogP contribution >= 0.6 is 15.9 Å². The van der Waals surface area contributed by atoms with Gasteiger partial charge in [-0.25, -0.2) is 24.0 Å². The van der Waals surface area contributed by atoms with E-state index in [2.05, 4.69) is 37.2 Å². The molecule has 428 valence electrons. The van der Waals surface area contributed by atoms with Crippen molar-refractivity contribution in [2.24, 2.45) is 0 Å². The number of carbonyl (C=O) groups excluding carboxylic acids is 10. The average molecular weight is 1160 g/mol. The predicted octanol–water partition coefficient (Wildman–Crippen LogP) is 7.84. The van der Waals surface area contributed by atoms with Crippen LogP contribution in [0.25, 0.3) is 0 Å². The molecule has 0 aliphatic rings. The Bertz CT molecular complexity index is 2450. The number of benzene rings is 4. The fraction of sp³-hybridized carbons (Fsp3) is 0.386. The summed E-state index contributed by atoms with van der Waals surface area (Å²) < 4.78 is 20.0. The standard InChI is InChI=1S/C15H21NO4.C15H19NO4.C14H16BrNO4.C13H15NO5/c2*1-3-14(18)13(9-11(2)17)16-15(19)20-10-12-7-5-4-6-8-12;1-10(17)7-12(13(18)8-15)16-14(19)20-9-11-5-3-2-4-6-11;1-9(15)7-11(12(16)17)14-13(18)19-8-10-5-3-2-4-6-10/h4-8,13-14,18H,3,9-10H2,1-2H3,(H,16,19);4-8,13H,3,9-10H2,1-2H3,(H,16,19);2-6,12H,7-9H2,1H3,(H,16,19);2-6,11H,7-8H2,1H3,(H,14,18)(H,16,17)/t13-,14?;13-;12-;11-/m0000/s1. The molecule has 4 amide bonds. The Balaban J connectivity index is 0.000000527. The number of aliphatic carboxylic acids is 1. The van der Waals surface area contributed by atoms with Crippen molar-refractivity contribution in [2.75, 3.05) is 5.33 Å². The number of amides is 4. The lowest BCUT2D eigenvalue weighted by molar-refractivity contribution is -0.141. The number of halogens is 1. The van der Waals surface area contributed by atoms with Crippen LogP contribution in [-0.2, 0) is 78.9 Å². The van der Waals surface area contributed by atoms with Gasteiger partial charge in [0.15, 0.2) is 11.6 Å². The Kier molecular flexibility index (Phi) is 35.0. The van der Waals surface area contributed by atoms with E-state index in [0.717, 1.165) is 22.3 Å². The average Bonchev–Trinajstić information content (AvgIpc) is 3.42. The molecule has 0 fully saturated rings. The van der Waals surface area contributed by atoms with Gasteiger partial charge < -0.3 is 50.4 Å². The number of aliphatic hydroxyl groups excluding tert-OH is 1. The van der Waals surface area contributed by atoms with Crippen LogP contribution in [0, 0.1) is 0 Å². The van der Waals surface area contributed by atoms with Crippen molar-refractivity contribution in [1.29, 1.82) is 0 Å². The van der Waals surface area contributed by atoms with Gasteiger partial charge in [-0.2, -0.15) is 0 Å². The molecule has 5 atom stereocenters. The topological polar surface area (TPSA) is 313 Å². The fourth-order valence-electron chi connectivity index (χ4n) is 6.41. The van der Waals surface area contributed by atoms with Crippen LogP contribution in [0.4, 0.5) is 19.2 Å². The molecular weight excluding hydrogens is 1090 g/mol. The third-order valence-electron chi connectivity index (χ3n) is 10.5. The Morgan fingerprint density at radius 2 is 0.709 bits per heavy atom. The number of Topliss-reactive ketones (excluding diaryl/α,β-unsaturated/α-hetero) is 6. The van der Waals surface area contributed by atoms with E-state index >= 15 is 0 Å². The highest BCUT2D eigenvalue weighted by Gasteiger charge is 2.25. The third kappa shape index (κ3) is 33.6. The summed E-state index contributed by atoms with van der Waals surface area (Å²) in [4.78, 5) is 125. The molecule has 4 rings (SSSR count). The Morgan fingerprint density at radius 3 is 0.975 bits per heavy atom. The van der Waals surface area contributed by atoms with E-state index in [9.17, 15) is 57.8 Å². The molecule has 0 aromatic heterocycles. The second-order valence-corrected chi connectivity index (χ2v) is 18.0. The summed E-state index contributed by atoms with van der Waals surface area (Å²) in [6.45, 7) is 9.33. The van der Waals surface area contributed by atoms with Crippen molar-refractivity contribution in [3.05, 3.63) is 144 Å².